The van der Waals surface area contributed by atoms with Crippen LogP contribution in [0.3, 0.4) is 0 Å². The number of nitrogens with zero attached hydrogens (tertiary/aromatic N) is 1. The molecule has 0 aliphatic rings. The van der Waals surface area contributed by atoms with Crippen LogP contribution in [0.2, 0.25) is 0 Å². The van der Waals surface area contributed by atoms with Gasteiger partial charge in [0.05, 0.1) is 6.61 Å². The van der Waals surface area contributed by atoms with E-state index in [1.54, 1.807) is 7.11 Å². The highest BCUT2D eigenvalue weighted by molar-refractivity contribution is 5.13. The summed E-state index contributed by atoms with van der Waals surface area (Å²) in [5.41, 5.74) is 1.22. The van der Waals surface area contributed by atoms with Crippen molar-refractivity contribution in [2.24, 2.45) is 0 Å². The van der Waals surface area contributed by atoms with E-state index in [0.29, 0.717) is 19.4 Å². The van der Waals surface area contributed by atoms with Crippen LogP contribution >= 0.6 is 0 Å². The summed E-state index contributed by atoms with van der Waals surface area (Å²) in [7, 11) is 2.70. The molecule has 0 spiro atoms. The first-order chi connectivity index (χ1) is 12.0. The molecule has 7 nitrogen and oxygen atoms in total. The van der Waals surface area contributed by atoms with Crippen LogP contribution in [-0.2, 0) is 21.0 Å². The molecule has 148 valence electrons. The molecular formula is C18H35NO6. The van der Waals surface area contributed by atoms with E-state index >= 15 is 0 Å². The Morgan fingerprint density at radius 2 is 1.48 bits per heavy atom. The van der Waals surface area contributed by atoms with Crippen molar-refractivity contribution in [1.29, 1.82) is 0 Å². The summed E-state index contributed by atoms with van der Waals surface area (Å²) in [5, 5.41) is 16.0. The third-order valence-corrected chi connectivity index (χ3v) is 2.30. The predicted octanol–water partition coefficient (Wildman–Crippen LogP) is 4.06. The van der Waals surface area contributed by atoms with Gasteiger partial charge in [0.25, 0.3) is 5.09 Å². The summed E-state index contributed by atoms with van der Waals surface area (Å²) in [5.74, 6) is 0. The molecule has 1 aromatic rings. The number of benzene rings is 1. The van der Waals surface area contributed by atoms with Gasteiger partial charge in [-0.15, -0.1) is 10.1 Å². The first-order valence-corrected chi connectivity index (χ1v) is 8.13. The van der Waals surface area contributed by atoms with Crippen molar-refractivity contribution >= 4 is 6.79 Å². The summed E-state index contributed by atoms with van der Waals surface area (Å²) in [4.78, 5) is 22.0. The number of hydrogen-bond acceptors (Lipinski definition) is 6. The Morgan fingerprint density at radius 3 is 1.72 bits per heavy atom. The average molecular weight is 361 g/mol. The molecule has 1 N–H and O–H groups in total. The Bertz CT molecular complexity index is 345. The van der Waals surface area contributed by atoms with E-state index in [4.69, 9.17) is 14.6 Å². The zero-order valence-electron chi connectivity index (χ0n) is 16.4. The molecule has 0 aromatic heterocycles. The molecule has 0 radical (unpaired) electrons. The lowest BCUT2D eigenvalue weighted by molar-refractivity contribution is -0.768. The quantitative estimate of drug-likeness (QED) is 0.606. The average Bonchev–Trinajstić information content (AvgIpc) is 2.65. The normalized spacial score (nSPS) is 8.00. The van der Waals surface area contributed by atoms with Gasteiger partial charge in [0.1, 0.15) is 12.9 Å². The highest BCUT2D eigenvalue weighted by atomic mass is 17.0. The first kappa shape index (κ1) is 30.8. The highest BCUT2D eigenvalue weighted by Gasteiger charge is 2.06. The second kappa shape index (κ2) is 30.0. The SMILES string of the molecule is C=O.CCC.CCC(CC)O[N+](=O)[O-].CO.COCc1ccccc1. The van der Waals surface area contributed by atoms with Crippen LogP contribution < -0.4 is 0 Å². The fourth-order valence-electron chi connectivity index (χ4n) is 1.30. The molecule has 0 aliphatic heterocycles. The number of aliphatic hydroxyl groups excluding tert-OH is 1. The summed E-state index contributed by atoms with van der Waals surface area (Å²) >= 11 is 0. The third kappa shape index (κ3) is 30.5. The Kier molecular flexibility index (Phi) is 37.0. The molecular weight excluding hydrogens is 326 g/mol. The van der Waals surface area contributed by atoms with Gasteiger partial charge in [-0.25, -0.2) is 0 Å². The molecule has 0 atom stereocenters. The minimum Gasteiger partial charge on any atom is -0.400 e. The van der Waals surface area contributed by atoms with Crippen molar-refractivity contribution in [1.82, 2.24) is 0 Å². The zero-order valence-corrected chi connectivity index (χ0v) is 16.4. The Hall–Kier alpha value is -1.99. The Balaban J connectivity index is -0.000000130. The van der Waals surface area contributed by atoms with E-state index in [2.05, 4.69) is 18.7 Å². The third-order valence-electron chi connectivity index (χ3n) is 2.30. The van der Waals surface area contributed by atoms with Crippen molar-refractivity contribution in [2.45, 2.75) is 59.7 Å². The highest BCUT2D eigenvalue weighted by Crippen LogP contribution is 2.01. The van der Waals surface area contributed by atoms with Crippen LogP contribution in [0.4, 0.5) is 0 Å². The molecule has 0 aliphatic carbocycles. The molecule has 0 saturated heterocycles. The Morgan fingerprint density at radius 1 is 1.08 bits per heavy atom. The molecule has 0 unspecified atom stereocenters. The maximum absolute atomic E-state index is 9.71. The number of hydrogen-bond donors (Lipinski definition) is 1. The lowest BCUT2D eigenvalue weighted by atomic mass is 10.2. The van der Waals surface area contributed by atoms with E-state index in [9.17, 15) is 10.1 Å². The topological polar surface area (TPSA) is 98.9 Å². The van der Waals surface area contributed by atoms with Gasteiger partial charge in [-0.2, -0.15) is 0 Å². The molecule has 1 rings (SSSR count). The van der Waals surface area contributed by atoms with Gasteiger partial charge in [-0.1, -0.05) is 64.4 Å². The monoisotopic (exact) mass is 361 g/mol. The summed E-state index contributed by atoms with van der Waals surface area (Å²) in [6.45, 7) is 10.7. The lowest BCUT2D eigenvalue weighted by Gasteiger charge is -2.07. The molecule has 1 aromatic carbocycles. The largest absolute Gasteiger partial charge is 0.400 e. The second-order valence-electron chi connectivity index (χ2n) is 4.39. The van der Waals surface area contributed by atoms with E-state index in [1.807, 2.05) is 51.0 Å². The van der Waals surface area contributed by atoms with E-state index < -0.39 is 5.09 Å². The van der Waals surface area contributed by atoms with Crippen LogP contribution in [0, 0.1) is 10.1 Å². The number of carbonyl (C=O) groups is 1. The van der Waals surface area contributed by atoms with E-state index in [0.717, 1.165) is 7.11 Å². The molecule has 0 saturated carbocycles. The number of rotatable bonds is 6. The van der Waals surface area contributed by atoms with Crippen LogP contribution in [0.25, 0.3) is 0 Å². The zero-order chi connectivity index (χ0) is 20.5. The van der Waals surface area contributed by atoms with Gasteiger partial charge in [-0.05, 0) is 18.4 Å². The number of ether oxygens (including phenoxy) is 1. The second-order valence-corrected chi connectivity index (χ2v) is 4.39. The van der Waals surface area contributed by atoms with Crippen LogP contribution in [0.1, 0.15) is 52.5 Å². The maximum atomic E-state index is 9.71. The smallest absolute Gasteiger partial charge is 0.294 e. The lowest BCUT2D eigenvalue weighted by Crippen LogP contribution is -2.14. The van der Waals surface area contributed by atoms with Crippen molar-refractivity contribution in [3.8, 4) is 0 Å². The maximum Gasteiger partial charge on any atom is 0.294 e. The van der Waals surface area contributed by atoms with Crippen LogP contribution in [0.5, 0.6) is 0 Å². The van der Waals surface area contributed by atoms with Gasteiger partial charge in [-0.3, -0.25) is 0 Å². The van der Waals surface area contributed by atoms with Crippen molar-refractivity contribution in [2.75, 3.05) is 14.2 Å². The molecule has 0 fully saturated rings. The van der Waals surface area contributed by atoms with Gasteiger partial charge < -0.3 is 19.5 Å². The number of aliphatic hydroxyl groups is 1. The first-order valence-electron chi connectivity index (χ1n) is 8.13. The van der Waals surface area contributed by atoms with Crippen molar-refractivity contribution < 1.29 is 24.6 Å². The van der Waals surface area contributed by atoms with Crippen LogP contribution in [0.15, 0.2) is 30.3 Å². The Labute approximate surface area is 152 Å². The van der Waals surface area contributed by atoms with E-state index in [1.165, 1.54) is 12.0 Å². The van der Waals surface area contributed by atoms with Gasteiger partial charge in [0, 0.05) is 14.2 Å². The van der Waals surface area contributed by atoms with Crippen molar-refractivity contribution in [3.05, 3.63) is 46.0 Å². The molecule has 25 heavy (non-hydrogen) atoms. The van der Waals surface area contributed by atoms with Gasteiger partial charge in [0.2, 0.25) is 0 Å². The summed E-state index contributed by atoms with van der Waals surface area (Å²) in [6, 6.07) is 10.1. The van der Waals surface area contributed by atoms with Crippen molar-refractivity contribution in [3.63, 3.8) is 0 Å². The fourth-order valence-corrected chi connectivity index (χ4v) is 1.30. The van der Waals surface area contributed by atoms with Crippen LogP contribution in [-0.4, -0.2) is 37.3 Å². The standard InChI is InChI=1S/C8H10O.C5H11NO3.C3H8.CH4O.CH2O/c1-9-7-8-5-3-2-4-6-8;1-3-5(4-2)9-6(7)8;1-3-2;2*1-2/h2-6H,7H2,1H3;5H,3-4H2,1-2H3;3H2,1-2H3;2H,1H3;1H2. The predicted molar refractivity (Wildman–Crippen MR) is 101 cm³/mol. The number of methoxy groups -OCH3 is 1. The fraction of sp³-hybridized carbons (Fsp3) is 0.611. The summed E-state index contributed by atoms with van der Waals surface area (Å²) in [6.07, 6.45) is 2.41. The van der Waals surface area contributed by atoms with E-state index in [-0.39, 0.29) is 6.10 Å². The molecule has 7 heteroatoms. The minimum atomic E-state index is -0.738. The molecule has 0 heterocycles. The molecule has 0 amide bonds. The van der Waals surface area contributed by atoms with Gasteiger partial charge >= 0.3 is 0 Å². The molecule has 0 bridgehead atoms. The number of carbonyl (C=O) groups excluding carboxylic acids is 1. The summed E-state index contributed by atoms with van der Waals surface area (Å²) < 4.78 is 4.93. The van der Waals surface area contributed by atoms with Gasteiger partial charge in [0.15, 0.2) is 0 Å². The minimum absolute atomic E-state index is 0.222.